The summed E-state index contributed by atoms with van der Waals surface area (Å²) in [5.74, 6) is 7.09. The first-order chi connectivity index (χ1) is 10.1. The Balaban J connectivity index is 2.14. The lowest BCUT2D eigenvalue weighted by atomic mass is 10.0. The Bertz CT molecular complexity index is 705. The summed E-state index contributed by atoms with van der Waals surface area (Å²) in [6.45, 7) is 4.44. The third-order valence-electron chi connectivity index (χ3n) is 2.96. The third kappa shape index (κ3) is 3.98. The summed E-state index contributed by atoms with van der Waals surface area (Å²) in [6.07, 6.45) is 0. The molecule has 4 nitrogen and oxygen atoms in total. The number of hydrogen-bond donors (Lipinski definition) is 2. The number of rotatable bonds is 3. The number of aryl methyl sites for hydroxylation is 2. The number of hydrogen-bond acceptors (Lipinski definition) is 3. The van der Waals surface area contributed by atoms with E-state index in [-0.39, 0.29) is 12.5 Å². The Morgan fingerprint density at radius 2 is 2.10 bits per heavy atom. The van der Waals surface area contributed by atoms with Gasteiger partial charge in [0.25, 0.3) is 5.91 Å². The van der Waals surface area contributed by atoms with E-state index < -0.39 is 0 Å². The van der Waals surface area contributed by atoms with Crippen molar-refractivity contribution in [3.05, 3.63) is 58.5 Å². The Kier molecular flexibility index (Phi) is 4.81. The molecule has 0 saturated carbocycles. The Hall–Kier alpha value is -2.51. The van der Waals surface area contributed by atoms with Gasteiger partial charge >= 0.3 is 0 Å². The van der Waals surface area contributed by atoms with E-state index in [0.717, 1.165) is 17.1 Å². The maximum absolute atomic E-state index is 12.3. The normalized spacial score (nSPS) is 9.86. The van der Waals surface area contributed by atoms with Crippen molar-refractivity contribution >= 4 is 5.91 Å². The van der Waals surface area contributed by atoms with Gasteiger partial charge in [-0.2, -0.15) is 0 Å². The molecule has 0 fully saturated rings. The highest BCUT2D eigenvalue weighted by molar-refractivity contribution is 5.96. The van der Waals surface area contributed by atoms with Crippen molar-refractivity contribution in [2.24, 2.45) is 5.73 Å². The van der Waals surface area contributed by atoms with Crippen molar-refractivity contribution in [3.63, 3.8) is 0 Å². The zero-order valence-corrected chi connectivity index (χ0v) is 12.2. The van der Waals surface area contributed by atoms with E-state index in [0.29, 0.717) is 17.7 Å². The molecule has 21 heavy (non-hydrogen) atoms. The van der Waals surface area contributed by atoms with Crippen LogP contribution in [-0.4, -0.2) is 12.5 Å². The van der Waals surface area contributed by atoms with Crippen LogP contribution in [0.5, 0.6) is 0 Å². The minimum Gasteiger partial charge on any atom is -0.465 e. The van der Waals surface area contributed by atoms with Gasteiger partial charge in [-0.25, -0.2) is 0 Å². The molecule has 108 valence electrons. The van der Waals surface area contributed by atoms with Crippen molar-refractivity contribution < 1.29 is 9.21 Å². The summed E-state index contributed by atoms with van der Waals surface area (Å²) in [4.78, 5) is 12.3. The first-order valence-corrected chi connectivity index (χ1v) is 6.73. The summed E-state index contributed by atoms with van der Waals surface area (Å²) in [5.41, 5.74) is 7.68. The maximum Gasteiger partial charge on any atom is 0.252 e. The van der Waals surface area contributed by atoms with E-state index in [1.807, 2.05) is 38.1 Å². The molecule has 0 bridgehead atoms. The van der Waals surface area contributed by atoms with Gasteiger partial charge in [0.1, 0.15) is 11.5 Å². The van der Waals surface area contributed by atoms with E-state index in [1.165, 1.54) is 0 Å². The second kappa shape index (κ2) is 6.78. The highest BCUT2D eigenvalue weighted by atomic mass is 16.3. The van der Waals surface area contributed by atoms with Crippen LogP contribution in [0.2, 0.25) is 0 Å². The second-order valence-corrected chi connectivity index (χ2v) is 4.75. The summed E-state index contributed by atoms with van der Waals surface area (Å²) < 4.78 is 5.42. The molecule has 1 aromatic heterocycles. The number of amides is 1. The van der Waals surface area contributed by atoms with Crippen LogP contribution in [0.4, 0.5) is 0 Å². The maximum atomic E-state index is 12.3. The minimum atomic E-state index is -0.176. The zero-order valence-electron chi connectivity index (χ0n) is 12.2. The fourth-order valence-electron chi connectivity index (χ4n) is 1.95. The largest absolute Gasteiger partial charge is 0.465 e. The van der Waals surface area contributed by atoms with Crippen molar-refractivity contribution in [3.8, 4) is 11.8 Å². The lowest BCUT2D eigenvalue weighted by Crippen LogP contribution is -2.23. The number of nitrogens with one attached hydrogen (secondary N) is 1. The smallest absolute Gasteiger partial charge is 0.252 e. The average Bonchev–Trinajstić information content (AvgIpc) is 2.88. The summed E-state index contributed by atoms with van der Waals surface area (Å²) in [7, 11) is 0. The lowest BCUT2D eigenvalue weighted by molar-refractivity contribution is 0.0947. The predicted octanol–water partition coefficient (Wildman–Crippen LogP) is 2.14. The van der Waals surface area contributed by atoms with Gasteiger partial charge in [0.15, 0.2) is 0 Å². The fourth-order valence-corrected chi connectivity index (χ4v) is 1.95. The number of benzene rings is 1. The average molecular weight is 282 g/mol. The van der Waals surface area contributed by atoms with Gasteiger partial charge < -0.3 is 15.5 Å². The molecule has 0 radical (unpaired) electrons. The van der Waals surface area contributed by atoms with Crippen LogP contribution in [0, 0.1) is 25.7 Å². The molecule has 2 aromatic rings. The van der Waals surface area contributed by atoms with Crippen molar-refractivity contribution in [1.29, 1.82) is 0 Å². The van der Waals surface area contributed by atoms with Gasteiger partial charge in [0.2, 0.25) is 0 Å². The quantitative estimate of drug-likeness (QED) is 0.847. The molecule has 0 aliphatic heterocycles. The highest BCUT2D eigenvalue weighted by Crippen LogP contribution is 2.12. The van der Waals surface area contributed by atoms with Crippen molar-refractivity contribution in [1.82, 2.24) is 5.32 Å². The van der Waals surface area contributed by atoms with Gasteiger partial charge in [-0.1, -0.05) is 17.9 Å². The number of carbonyl (C=O) groups is 1. The van der Waals surface area contributed by atoms with E-state index >= 15 is 0 Å². The molecule has 0 saturated heterocycles. The number of furan rings is 1. The van der Waals surface area contributed by atoms with Gasteiger partial charge in [-0.3, -0.25) is 4.79 Å². The molecule has 0 aliphatic carbocycles. The molecule has 0 spiro atoms. The molecule has 3 N–H and O–H groups in total. The minimum absolute atomic E-state index is 0.176. The first-order valence-electron chi connectivity index (χ1n) is 6.73. The zero-order chi connectivity index (χ0) is 15.2. The van der Waals surface area contributed by atoms with E-state index in [9.17, 15) is 4.79 Å². The molecule has 0 unspecified atom stereocenters. The SMILES string of the molecule is Cc1ccc(C(=O)NCc2ccc(C)o2)c(C#CCN)c1. The molecule has 1 aromatic carbocycles. The predicted molar refractivity (Wildman–Crippen MR) is 81.7 cm³/mol. The molecule has 2 rings (SSSR count). The molecule has 4 heteroatoms. The highest BCUT2D eigenvalue weighted by Gasteiger charge is 2.11. The van der Waals surface area contributed by atoms with Crippen LogP contribution in [-0.2, 0) is 6.54 Å². The molecular formula is C17H18N2O2. The lowest BCUT2D eigenvalue weighted by Gasteiger charge is -2.07. The number of carbonyl (C=O) groups excluding carboxylic acids is 1. The number of nitrogens with two attached hydrogens (primary N) is 1. The van der Waals surface area contributed by atoms with Gasteiger partial charge in [-0.05, 0) is 43.7 Å². The Morgan fingerprint density at radius 1 is 1.29 bits per heavy atom. The Morgan fingerprint density at radius 3 is 2.76 bits per heavy atom. The molecule has 0 atom stereocenters. The van der Waals surface area contributed by atoms with E-state index in [1.54, 1.807) is 6.07 Å². The molecule has 0 aliphatic rings. The monoisotopic (exact) mass is 282 g/mol. The van der Waals surface area contributed by atoms with Crippen LogP contribution in [0.1, 0.15) is 33.0 Å². The van der Waals surface area contributed by atoms with Crippen LogP contribution < -0.4 is 11.1 Å². The summed E-state index contributed by atoms with van der Waals surface area (Å²) in [5, 5.41) is 2.83. The van der Waals surface area contributed by atoms with E-state index in [2.05, 4.69) is 17.2 Å². The van der Waals surface area contributed by atoms with Crippen LogP contribution in [0.15, 0.2) is 34.7 Å². The van der Waals surface area contributed by atoms with Crippen LogP contribution in [0.25, 0.3) is 0 Å². The summed E-state index contributed by atoms with van der Waals surface area (Å²) in [6, 6.07) is 9.26. The van der Waals surface area contributed by atoms with Crippen LogP contribution in [0.3, 0.4) is 0 Å². The fraction of sp³-hybridized carbons (Fsp3) is 0.235. The summed E-state index contributed by atoms with van der Waals surface area (Å²) >= 11 is 0. The topological polar surface area (TPSA) is 68.3 Å². The Labute approximate surface area is 124 Å². The van der Waals surface area contributed by atoms with Crippen molar-refractivity contribution in [2.75, 3.05) is 6.54 Å². The molecule has 1 heterocycles. The molecular weight excluding hydrogens is 264 g/mol. The van der Waals surface area contributed by atoms with Crippen LogP contribution >= 0.6 is 0 Å². The van der Waals surface area contributed by atoms with Gasteiger partial charge in [0.05, 0.1) is 18.7 Å². The van der Waals surface area contributed by atoms with E-state index in [4.69, 9.17) is 10.2 Å². The standard InChI is InChI=1S/C17H18N2O2/c1-12-5-8-16(14(10-12)4-3-9-18)17(20)19-11-15-7-6-13(2)21-15/h5-8,10H,9,11,18H2,1-2H3,(H,19,20). The van der Waals surface area contributed by atoms with Gasteiger partial charge in [0, 0.05) is 5.56 Å². The van der Waals surface area contributed by atoms with Crippen molar-refractivity contribution in [2.45, 2.75) is 20.4 Å². The first kappa shape index (κ1) is 14.9. The van der Waals surface area contributed by atoms with Gasteiger partial charge in [-0.15, -0.1) is 0 Å². The second-order valence-electron chi connectivity index (χ2n) is 4.75. The third-order valence-corrected chi connectivity index (χ3v) is 2.96. The molecule has 1 amide bonds.